The van der Waals surface area contributed by atoms with E-state index in [0.717, 1.165) is 30.0 Å². The zero-order valence-electron chi connectivity index (χ0n) is 14.0. The number of halogens is 1. The molecule has 1 unspecified atom stereocenters. The molecule has 1 heterocycles. The molecule has 1 aromatic heterocycles. The van der Waals surface area contributed by atoms with E-state index in [4.69, 9.17) is 5.73 Å². The molecule has 5 nitrogen and oxygen atoms in total. The second-order valence-electron chi connectivity index (χ2n) is 6.52. The molecule has 0 saturated carbocycles. The second kappa shape index (κ2) is 6.38. The third-order valence-electron chi connectivity index (χ3n) is 4.91. The first kappa shape index (κ1) is 16.5. The number of aromatic amines is 1. The first-order chi connectivity index (χ1) is 12.6. The third kappa shape index (κ3) is 2.78. The van der Waals surface area contributed by atoms with Crippen molar-refractivity contribution in [1.29, 1.82) is 0 Å². The Morgan fingerprint density at radius 3 is 2.92 bits per heavy atom. The van der Waals surface area contributed by atoms with Crippen LogP contribution in [0.5, 0.6) is 0 Å². The van der Waals surface area contributed by atoms with Gasteiger partial charge in [0.05, 0.1) is 6.04 Å². The molecule has 1 atom stereocenters. The minimum Gasteiger partial charge on any atom is -0.360 e. The van der Waals surface area contributed by atoms with Crippen molar-refractivity contribution in [2.75, 3.05) is 0 Å². The van der Waals surface area contributed by atoms with Crippen molar-refractivity contribution in [3.63, 3.8) is 0 Å². The summed E-state index contributed by atoms with van der Waals surface area (Å²) in [7, 11) is 0. The molecule has 4 rings (SSSR count). The molecule has 2 aromatic carbocycles. The summed E-state index contributed by atoms with van der Waals surface area (Å²) in [5, 5.41) is 3.09. The van der Waals surface area contributed by atoms with Gasteiger partial charge in [0.1, 0.15) is 11.4 Å². The van der Waals surface area contributed by atoms with Crippen LogP contribution in [0.2, 0.25) is 0 Å². The van der Waals surface area contributed by atoms with Gasteiger partial charge in [-0.3, -0.25) is 9.59 Å². The highest BCUT2D eigenvalue weighted by Crippen LogP contribution is 2.31. The van der Waals surface area contributed by atoms with Crippen LogP contribution in [-0.4, -0.2) is 10.9 Å². The molecular formula is C20H18FN3O2. The van der Waals surface area contributed by atoms with Gasteiger partial charge in [0.2, 0.25) is 5.43 Å². The Kier molecular flexibility index (Phi) is 4.05. The maximum absolute atomic E-state index is 13.4. The minimum atomic E-state index is -0.513. The molecule has 0 bridgehead atoms. The van der Waals surface area contributed by atoms with Gasteiger partial charge in [0.25, 0.3) is 5.91 Å². The average molecular weight is 351 g/mol. The smallest absolute Gasteiger partial charge is 0.257 e. The summed E-state index contributed by atoms with van der Waals surface area (Å²) in [5.74, 6) is -0.973. The van der Waals surface area contributed by atoms with Gasteiger partial charge >= 0.3 is 0 Å². The SMILES string of the molecule is NCc1ccc2c(c1)CCC2NC(=O)c1c[nH]c2ccc(F)cc2c1=O. The average Bonchev–Trinajstić information content (AvgIpc) is 3.04. The van der Waals surface area contributed by atoms with Gasteiger partial charge in [-0.1, -0.05) is 18.2 Å². The minimum absolute atomic E-state index is 0.0184. The second-order valence-corrected chi connectivity index (χ2v) is 6.52. The Morgan fingerprint density at radius 2 is 2.12 bits per heavy atom. The Balaban J connectivity index is 1.63. The van der Waals surface area contributed by atoms with Crippen molar-refractivity contribution >= 4 is 16.8 Å². The fourth-order valence-electron chi connectivity index (χ4n) is 3.54. The maximum Gasteiger partial charge on any atom is 0.257 e. The summed E-state index contributed by atoms with van der Waals surface area (Å²) in [6.45, 7) is 0.479. The number of hydrogen-bond donors (Lipinski definition) is 3. The number of hydrogen-bond acceptors (Lipinski definition) is 3. The standard InChI is InChI=1S/C20H18FN3O2/c21-13-3-6-17-15(8-13)19(25)16(10-23-17)20(26)24-18-5-2-12-7-11(9-22)1-4-14(12)18/h1,3-4,6-8,10,18H,2,5,9,22H2,(H,23,25)(H,24,26). The van der Waals surface area contributed by atoms with Crippen molar-refractivity contribution in [2.45, 2.75) is 25.4 Å². The predicted molar refractivity (Wildman–Crippen MR) is 97.4 cm³/mol. The van der Waals surface area contributed by atoms with E-state index in [1.54, 1.807) is 0 Å². The lowest BCUT2D eigenvalue weighted by Crippen LogP contribution is -2.31. The largest absolute Gasteiger partial charge is 0.360 e. The molecule has 132 valence electrons. The molecule has 0 fully saturated rings. The number of benzene rings is 2. The summed E-state index contributed by atoms with van der Waals surface area (Å²) in [6.07, 6.45) is 3.01. The van der Waals surface area contributed by atoms with Gasteiger partial charge in [-0.25, -0.2) is 4.39 Å². The van der Waals surface area contributed by atoms with Crippen molar-refractivity contribution in [3.05, 3.63) is 80.9 Å². The zero-order chi connectivity index (χ0) is 18.3. The fraction of sp³-hybridized carbons (Fsp3) is 0.200. The lowest BCUT2D eigenvalue weighted by molar-refractivity contribution is 0.0935. The third-order valence-corrected chi connectivity index (χ3v) is 4.91. The number of aryl methyl sites for hydroxylation is 1. The molecule has 0 saturated heterocycles. The highest BCUT2D eigenvalue weighted by Gasteiger charge is 2.25. The highest BCUT2D eigenvalue weighted by molar-refractivity contribution is 5.97. The van der Waals surface area contributed by atoms with Gasteiger partial charge in [-0.15, -0.1) is 0 Å². The van der Waals surface area contributed by atoms with E-state index in [9.17, 15) is 14.0 Å². The first-order valence-corrected chi connectivity index (χ1v) is 8.50. The number of fused-ring (bicyclic) bond motifs is 2. The number of carbonyl (C=O) groups is 1. The van der Waals surface area contributed by atoms with Crippen LogP contribution in [0.15, 0.2) is 47.4 Å². The van der Waals surface area contributed by atoms with Gasteiger partial charge in [0.15, 0.2) is 0 Å². The van der Waals surface area contributed by atoms with Crippen molar-refractivity contribution in [3.8, 4) is 0 Å². The molecule has 4 N–H and O–H groups in total. The molecule has 3 aromatic rings. The Labute approximate surface area is 149 Å². The molecule has 1 amide bonds. The van der Waals surface area contributed by atoms with E-state index in [-0.39, 0.29) is 17.0 Å². The molecule has 26 heavy (non-hydrogen) atoms. The number of rotatable bonds is 3. The highest BCUT2D eigenvalue weighted by atomic mass is 19.1. The number of H-pyrrole nitrogens is 1. The fourth-order valence-corrected chi connectivity index (χ4v) is 3.54. The molecule has 0 radical (unpaired) electrons. The quantitative estimate of drug-likeness (QED) is 0.678. The summed E-state index contributed by atoms with van der Waals surface area (Å²) in [5.41, 5.74) is 8.96. The van der Waals surface area contributed by atoms with Crippen LogP contribution in [0.1, 0.15) is 39.5 Å². The summed E-state index contributed by atoms with van der Waals surface area (Å²) in [4.78, 5) is 28.1. The van der Waals surface area contributed by atoms with E-state index >= 15 is 0 Å². The summed E-state index contributed by atoms with van der Waals surface area (Å²) in [6, 6.07) is 9.74. The van der Waals surface area contributed by atoms with Crippen molar-refractivity contribution in [2.24, 2.45) is 5.73 Å². The Hall–Kier alpha value is -2.99. The molecule has 6 heteroatoms. The van der Waals surface area contributed by atoms with Crippen LogP contribution >= 0.6 is 0 Å². The van der Waals surface area contributed by atoms with Gasteiger partial charge < -0.3 is 16.0 Å². The van der Waals surface area contributed by atoms with Crippen LogP contribution in [0.25, 0.3) is 10.9 Å². The topological polar surface area (TPSA) is 88.0 Å². The summed E-state index contributed by atoms with van der Waals surface area (Å²) >= 11 is 0. The molecule has 1 aliphatic rings. The first-order valence-electron chi connectivity index (χ1n) is 8.50. The monoisotopic (exact) mass is 351 g/mol. The number of carbonyl (C=O) groups excluding carboxylic acids is 1. The van der Waals surface area contributed by atoms with Crippen molar-refractivity contribution < 1.29 is 9.18 Å². The molecule has 0 spiro atoms. The lowest BCUT2D eigenvalue weighted by Gasteiger charge is -2.14. The predicted octanol–water partition coefficient (Wildman–Crippen LogP) is 2.54. The normalized spacial score (nSPS) is 15.8. The molecular weight excluding hydrogens is 333 g/mol. The Bertz CT molecular complexity index is 1070. The molecule has 1 aliphatic carbocycles. The van der Waals surface area contributed by atoms with Crippen LogP contribution < -0.4 is 16.5 Å². The van der Waals surface area contributed by atoms with E-state index in [1.807, 2.05) is 12.1 Å². The van der Waals surface area contributed by atoms with Crippen LogP contribution in [0.3, 0.4) is 0 Å². The number of nitrogens with one attached hydrogen (secondary N) is 2. The number of aromatic nitrogens is 1. The van der Waals surface area contributed by atoms with E-state index in [2.05, 4.69) is 16.4 Å². The number of pyridine rings is 1. The van der Waals surface area contributed by atoms with Crippen LogP contribution in [-0.2, 0) is 13.0 Å². The van der Waals surface area contributed by atoms with E-state index in [0.29, 0.717) is 12.1 Å². The van der Waals surface area contributed by atoms with Gasteiger partial charge in [0, 0.05) is 23.6 Å². The number of nitrogens with two attached hydrogens (primary N) is 1. The van der Waals surface area contributed by atoms with Gasteiger partial charge in [-0.05, 0) is 47.7 Å². The van der Waals surface area contributed by atoms with Crippen molar-refractivity contribution in [1.82, 2.24) is 10.3 Å². The number of amides is 1. The lowest BCUT2D eigenvalue weighted by atomic mass is 10.0. The van der Waals surface area contributed by atoms with Gasteiger partial charge in [-0.2, -0.15) is 0 Å². The summed E-state index contributed by atoms with van der Waals surface area (Å²) < 4.78 is 13.4. The molecule has 0 aliphatic heterocycles. The maximum atomic E-state index is 13.4. The zero-order valence-corrected chi connectivity index (χ0v) is 14.0. The Morgan fingerprint density at radius 1 is 1.27 bits per heavy atom. The van der Waals surface area contributed by atoms with Crippen LogP contribution in [0, 0.1) is 5.82 Å². The van der Waals surface area contributed by atoms with Crippen LogP contribution in [0.4, 0.5) is 4.39 Å². The van der Waals surface area contributed by atoms with E-state index < -0.39 is 17.2 Å². The van der Waals surface area contributed by atoms with E-state index in [1.165, 1.54) is 23.9 Å².